The molecule has 0 saturated heterocycles. The maximum absolute atomic E-state index is 12.3. The molecule has 0 radical (unpaired) electrons. The zero-order valence-electron chi connectivity index (χ0n) is 8.20. The molecule has 2 rings (SSSR count). The number of nitrogens with zero attached hydrogens (tertiary/aromatic N) is 1. The molecule has 1 aromatic rings. The molecule has 1 aliphatic carbocycles. The Hall–Kier alpha value is -0.485. The fraction of sp³-hybridized carbons (Fsp3) is 0.556. The number of hydrogen-bond donors (Lipinski definition) is 0. The van der Waals surface area contributed by atoms with Crippen LogP contribution in [0.5, 0.6) is 0 Å². The first-order valence-corrected chi connectivity index (χ1v) is 5.90. The summed E-state index contributed by atoms with van der Waals surface area (Å²) in [7, 11) is 0. The Morgan fingerprint density at radius 2 is 2.13 bits per heavy atom. The zero-order chi connectivity index (χ0) is 10.9. The molecule has 0 atom stereocenters. The lowest BCUT2D eigenvalue weighted by Crippen LogP contribution is -2.38. The molecule has 1 nitrogen and oxygen atoms in total. The van der Waals surface area contributed by atoms with Crippen molar-refractivity contribution in [3.05, 3.63) is 22.4 Å². The van der Waals surface area contributed by atoms with Crippen molar-refractivity contribution >= 4 is 18.3 Å². The van der Waals surface area contributed by atoms with Crippen molar-refractivity contribution in [1.29, 1.82) is 0 Å². The highest BCUT2D eigenvalue weighted by Gasteiger charge is 2.35. The largest absolute Gasteiger partial charge is 0.492 e. The van der Waals surface area contributed by atoms with Gasteiger partial charge in [0.25, 0.3) is 0 Å². The Morgan fingerprint density at radius 3 is 2.60 bits per heavy atom. The minimum absolute atomic E-state index is 0.163. The average Bonchev–Trinajstić information content (AvgIpc) is 2.83. The predicted octanol–water partition coefficient (Wildman–Crippen LogP) is 3.10. The van der Waals surface area contributed by atoms with Gasteiger partial charge in [0.2, 0.25) is 0 Å². The van der Waals surface area contributed by atoms with Gasteiger partial charge in [-0.3, -0.25) is 0 Å². The molecule has 6 heteroatoms. The number of thiophene rings is 1. The second-order valence-electron chi connectivity index (χ2n) is 3.95. The van der Waals surface area contributed by atoms with Crippen LogP contribution in [0.4, 0.5) is 12.9 Å². The highest BCUT2D eigenvalue weighted by Crippen LogP contribution is 2.30. The van der Waals surface area contributed by atoms with Gasteiger partial charge in [-0.15, -0.1) is 11.3 Å². The van der Waals surface area contributed by atoms with Crippen LogP contribution in [-0.4, -0.2) is 24.4 Å². The van der Waals surface area contributed by atoms with E-state index >= 15 is 0 Å². The quantitative estimate of drug-likeness (QED) is 0.707. The van der Waals surface area contributed by atoms with Gasteiger partial charge >= 0.3 is 6.98 Å². The molecular formula is C9H12BF3NS-. The monoisotopic (exact) mass is 234 g/mol. The third-order valence-corrected chi connectivity index (χ3v) is 3.30. The third kappa shape index (κ3) is 3.54. The van der Waals surface area contributed by atoms with E-state index in [1.165, 1.54) is 11.3 Å². The molecule has 15 heavy (non-hydrogen) atoms. The molecule has 0 aliphatic heterocycles. The smallest absolute Gasteiger partial charge is 0.448 e. The summed E-state index contributed by atoms with van der Waals surface area (Å²) in [6.07, 6.45) is 1.11. The van der Waals surface area contributed by atoms with E-state index in [1.54, 1.807) is 4.90 Å². The van der Waals surface area contributed by atoms with Crippen molar-refractivity contribution in [3.63, 3.8) is 0 Å². The zero-order valence-corrected chi connectivity index (χ0v) is 9.02. The van der Waals surface area contributed by atoms with Gasteiger partial charge in [-0.05, 0) is 30.7 Å². The second-order valence-corrected chi connectivity index (χ2v) is 4.98. The molecule has 1 heterocycles. The van der Waals surface area contributed by atoms with E-state index in [0.29, 0.717) is 6.54 Å². The highest BCUT2D eigenvalue weighted by molar-refractivity contribution is 7.09. The van der Waals surface area contributed by atoms with Crippen LogP contribution in [0.15, 0.2) is 17.5 Å². The van der Waals surface area contributed by atoms with Crippen LogP contribution in [-0.2, 0) is 6.54 Å². The Labute approximate surface area is 91.0 Å². The SMILES string of the molecule is F[B-](F)(F)CN(Cc1cccs1)C1CC1. The van der Waals surface area contributed by atoms with Crippen LogP contribution in [0.1, 0.15) is 17.7 Å². The Balaban J connectivity index is 1.95. The minimum atomic E-state index is -4.70. The molecule has 0 aromatic carbocycles. The molecule has 1 fully saturated rings. The summed E-state index contributed by atoms with van der Waals surface area (Å²) < 4.78 is 37.0. The maximum atomic E-state index is 12.3. The first-order chi connectivity index (χ1) is 7.04. The van der Waals surface area contributed by atoms with E-state index in [9.17, 15) is 12.9 Å². The summed E-state index contributed by atoms with van der Waals surface area (Å²) in [5, 5.41) is 1.90. The first-order valence-electron chi connectivity index (χ1n) is 5.02. The lowest BCUT2D eigenvalue weighted by molar-refractivity contribution is 0.263. The lowest BCUT2D eigenvalue weighted by Gasteiger charge is -2.27. The van der Waals surface area contributed by atoms with Gasteiger partial charge in [0.15, 0.2) is 0 Å². The van der Waals surface area contributed by atoms with E-state index in [1.807, 2.05) is 17.5 Å². The van der Waals surface area contributed by atoms with E-state index in [4.69, 9.17) is 0 Å². The van der Waals surface area contributed by atoms with Gasteiger partial charge in [0.05, 0.1) is 0 Å². The van der Waals surface area contributed by atoms with Crippen LogP contribution in [0.3, 0.4) is 0 Å². The van der Waals surface area contributed by atoms with E-state index in [-0.39, 0.29) is 6.04 Å². The molecular weight excluding hydrogens is 222 g/mol. The van der Waals surface area contributed by atoms with E-state index in [0.717, 1.165) is 17.7 Å². The van der Waals surface area contributed by atoms with Gasteiger partial charge in [0, 0.05) is 17.5 Å². The Bertz CT molecular complexity index is 308. The first kappa shape index (κ1) is 11.0. The summed E-state index contributed by atoms with van der Waals surface area (Å²) in [5.41, 5.74) is 0. The van der Waals surface area contributed by atoms with Crippen LogP contribution in [0, 0.1) is 0 Å². The predicted molar refractivity (Wildman–Crippen MR) is 56.8 cm³/mol. The van der Waals surface area contributed by atoms with Gasteiger partial charge in [-0.1, -0.05) is 6.07 Å². The fourth-order valence-corrected chi connectivity index (χ4v) is 2.38. The molecule has 0 spiro atoms. The molecule has 0 bridgehead atoms. The van der Waals surface area contributed by atoms with Gasteiger partial charge in [0.1, 0.15) is 0 Å². The van der Waals surface area contributed by atoms with Gasteiger partial charge < -0.3 is 17.8 Å². The van der Waals surface area contributed by atoms with Crippen molar-refractivity contribution in [3.8, 4) is 0 Å². The minimum Gasteiger partial charge on any atom is -0.448 e. The highest BCUT2D eigenvalue weighted by atomic mass is 32.1. The Kier molecular flexibility index (Phi) is 3.07. The Morgan fingerprint density at radius 1 is 1.40 bits per heavy atom. The molecule has 1 aliphatic rings. The lowest BCUT2D eigenvalue weighted by atomic mass is 9.91. The van der Waals surface area contributed by atoms with Crippen LogP contribution >= 0.6 is 11.3 Å². The average molecular weight is 234 g/mol. The third-order valence-electron chi connectivity index (χ3n) is 2.44. The van der Waals surface area contributed by atoms with Crippen LogP contribution in [0.2, 0.25) is 0 Å². The summed E-state index contributed by atoms with van der Waals surface area (Å²) in [5.74, 6) is 0. The molecule has 0 N–H and O–H groups in total. The topological polar surface area (TPSA) is 3.24 Å². The maximum Gasteiger partial charge on any atom is 0.492 e. The summed E-state index contributed by atoms with van der Waals surface area (Å²) in [4.78, 5) is 2.58. The van der Waals surface area contributed by atoms with Crippen LogP contribution in [0.25, 0.3) is 0 Å². The normalized spacial score (nSPS) is 17.3. The standard InChI is InChI=1S/C9H12BF3NS/c11-10(12,13)7-14(8-3-4-8)6-9-2-1-5-15-9/h1-2,5,8H,3-4,6-7H2/q-1. The number of hydrogen-bond acceptors (Lipinski definition) is 2. The van der Waals surface area contributed by atoms with Gasteiger partial charge in [-0.25, -0.2) is 0 Å². The van der Waals surface area contributed by atoms with Crippen molar-refractivity contribution in [2.24, 2.45) is 0 Å². The molecule has 0 unspecified atom stereocenters. The number of rotatable bonds is 5. The van der Waals surface area contributed by atoms with E-state index in [2.05, 4.69) is 0 Å². The molecule has 0 amide bonds. The van der Waals surface area contributed by atoms with Gasteiger partial charge in [-0.2, -0.15) is 0 Å². The van der Waals surface area contributed by atoms with Crippen molar-refractivity contribution in [2.75, 3.05) is 6.44 Å². The summed E-state index contributed by atoms with van der Waals surface area (Å²) in [6.45, 7) is -4.25. The van der Waals surface area contributed by atoms with E-state index < -0.39 is 13.4 Å². The van der Waals surface area contributed by atoms with Crippen molar-refractivity contribution in [2.45, 2.75) is 25.4 Å². The van der Waals surface area contributed by atoms with Crippen molar-refractivity contribution in [1.82, 2.24) is 4.90 Å². The number of halogens is 3. The summed E-state index contributed by atoms with van der Waals surface area (Å²) >= 11 is 1.52. The molecule has 1 aromatic heterocycles. The molecule has 1 saturated carbocycles. The fourth-order valence-electron chi connectivity index (χ4n) is 1.65. The van der Waals surface area contributed by atoms with Crippen molar-refractivity contribution < 1.29 is 12.9 Å². The second kappa shape index (κ2) is 4.18. The molecule has 84 valence electrons. The van der Waals surface area contributed by atoms with Crippen LogP contribution < -0.4 is 0 Å². The summed E-state index contributed by atoms with van der Waals surface area (Å²) in [6, 6.07) is 3.93.